The third-order valence-electron chi connectivity index (χ3n) is 3.60. The van der Waals surface area contributed by atoms with Gasteiger partial charge in [0.25, 0.3) is 0 Å². The monoisotopic (exact) mass is 252 g/mol. The zero-order valence-electron chi connectivity index (χ0n) is 10.9. The molecular weight excluding hydrogens is 231 g/mol. The molecule has 1 saturated carbocycles. The number of aryl methyl sites for hydroxylation is 1. The van der Waals surface area contributed by atoms with Gasteiger partial charge in [-0.1, -0.05) is 31.7 Å². The maximum atomic E-state index is 13.4. The molecule has 1 aromatic carbocycles. The van der Waals surface area contributed by atoms with Crippen molar-refractivity contribution in [3.63, 3.8) is 0 Å². The molecule has 0 spiro atoms. The molecule has 18 heavy (non-hydrogen) atoms. The Morgan fingerprint density at radius 2 is 2.11 bits per heavy atom. The summed E-state index contributed by atoms with van der Waals surface area (Å²) in [7, 11) is 0. The normalized spacial score (nSPS) is 17.9. The third-order valence-corrected chi connectivity index (χ3v) is 3.60. The first-order valence-corrected chi connectivity index (χ1v) is 6.72. The quantitative estimate of drug-likeness (QED) is 0.869. The number of aliphatic hydroxyl groups excluding tert-OH is 1. The Morgan fingerprint density at radius 3 is 2.83 bits per heavy atom. The minimum absolute atomic E-state index is 0.177. The zero-order chi connectivity index (χ0) is 13.0. The predicted octanol–water partition coefficient (Wildman–Crippen LogP) is 3.45. The van der Waals surface area contributed by atoms with Gasteiger partial charge in [0.1, 0.15) is 6.61 Å². The average molecular weight is 252 g/mol. The molecule has 0 aromatic heterocycles. The summed E-state index contributed by atoms with van der Waals surface area (Å²) >= 11 is 0. The lowest BCUT2D eigenvalue weighted by Gasteiger charge is -2.16. The van der Waals surface area contributed by atoms with Gasteiger partial charge in [-0.15, -0.1) is 0 Å². The van der Waals surface area contributed by atoms with Gasteiger partial charge in [-0.2, -0.15) is 0 Å². The Kier molecular flexibility index (Phi) is 4.59. The Labute approximate surface area is 108 Å². The summed E-state index contributed by atoms with van der Waals surface area (Å²) in [6.45, 7) is 2.07. The highest BCUT2D eigenvalue weighted by Gasteiger charge is 2.19. The predicted molar refractivity (Wildman–Crippen MR) is 69.2 cm³/mol. The second kappa shape index (κ2) is 6.19. The molecule has 1 unspecified atom stereocenters. The van der Waals surface area contributed by atoms with E-state index in [1.807, 2.05) is 6.92 Å². The molecule has 1 aromatic rings. The van der Waals surface area contributed by atoms with Crippen LogP contribution in [0, 0.1) is 18.7 Å². The topological polar surface area (TPSA) is 29.5 Å². The maximum absolute atomic E-state index is 13.4. The van der Waals surface area contributed by atoms with Gasteiger partial charge < -0.3 is 9.84 Å². The maximum Gasteiger partial charge on any atom is 0.165 e. The first kappa shape index (κ1) is 13.3. The molecule has 1 aliphatic rings. The first-order chi connectivity index (χ1) is 8.65. The minimum atomic E-state index is -0.493. The van der Waals surface area contributed by atoms with Crippen LogP contribution >= 0.6 is 0 Å². The van der Waals surface area contributed by atoms with Gasteiger partial charge in [-0.3, -0.25) is 0 Å². The Bertz CT molecular complexity index is 386. The van der Waals surface area contributed by atoms with E-state index in [9.17, 15) is 9.50 Å². The lowest BCUT2D eigenvalue weighted by molar-refractivity contribution is 0.0837. The highest BCUT2D eigenvalue weighted by molar-refractivity contribution is 5.29. The number of hydrogen-bond donors (Lipinski definition) is 1. The summed E-state index contributed by atoms with van der Waals surface area (Å²) in [5.41, 5.74) is 0.955. The van der Waals surface area contributed by atoms with Crippen LogP contribution in [0.25, 0.3) is 0 Å². The first-order valence-electron chi connectivity index (χ1n) is 6.72. The van der Waals surface area contributed by atoms with Crippen LogP contribution in [-0.2, 0) is 0 Å². The van der Waals surface area contributed by atoms with E-state index in [2.05, 4.69) is 0 Å². The Hall–Kier alpha value is -1.09. The number of hydrogen-bond acceptors (Lipinski definition) is 2. The molecule has 0 bridgehead atoms. The van der Waals surface area contributed by atoms with Crippen molar-refractivity contribution in [2.45, 2.75) is 45.1 Å². The number of ether oxygens (including phenoxy) is 1. The van der Waals surface area contributed by atoms with E-state index in [0.717, 1.165) is 12.0 Å². The van der Waals surface area contributed by atoms with E-state index >= 15 is 0 Å². The summed E-state index contributed by atoms with van der Waals surface area (Å²) in [6.07, 6.45) is 5.22. The van der Waals surface area contributed by atoms with Crippen LogP contribution in [0.1, 0.15) is 37.7 Å². The van der Waals surface area contributed by atoms with E-state index in [1.54, 1.807) is 12.1 Å². The van der Waals surface area contributed by atoms with Crippen molar-refractivity contribution in [3.05, 3.63) is 29.6 Å². The third kappa shape index (κ3) is 3.70. The molecule has 2 nitrogen and oxygen atoms in total. The molecule has 0 aliphatic heterocycles. The molecule has 3 heteroatoms. The molecule has 0 saturated heterocycles. The van der Waals surface area contributed by atoms with Crippen molar-refractivity contribution < 1.29 is 14.2 Å². The van der Waals surface area contributed by atoms with Gasteiger partial charge >= 0.3 is 0 Å². The van der Waals surface area contributed by atoms with E-state index < -0.39 is 6.10 Å². The SMILES string of the molecule is Cc1ccc(F)c(OCC(O)CC2CCCC2)c1. The van der Waals surface area contributed by atoms with Crippen LogP contribution in [0.2, 0.25) is 0 Å². The molecule has 0 radical (unpaired) electrons. The second-order valence-electron chi connectivity index (χ2n) is 5.28. The van der Waals surface area contributed by atoms with Crippen LogP contribution in [0.3, 0.4) is 0 Å². The number of halogens is 1. The van der Waals surface area contributed by atoms with Gasteiger partial charge in [0, 0.05) is 0 Å². The molecule has 1 fully saturated rings. The lowest BCUT2D eigenvalue weighted by atomic mass is 10.0. The van der Waals surface area contributed by atoms with Gasteiger partial charge in [0.2, 0.25) is 0 Å². The largest absolute Gasteiger partial charge is 0.488 e. The van der Waals surface area contributed by atoms with Crippen molar-refractivity contribution in [1.29, 1.82) is 0 Å². The number of rotatable bonds is 5. The van der Waals surface area contributed by atoms with Crippen molar-refractivity contribution in [3.8, 4) is 5.75 Å². The van der Waals surface area contributed by atoms with E-state index in [4.69, 9.17) is 4.74 Å². The number of benzene rings is 1. The Morgan fingerprint density at radius 1 is 1.39 bits per heavy atom. The van der Waals surface area contributed by atoms with Gasteiger partial charge in [0.05, 0.1) is 6.10 Å². The Balaban J connectivity index is 1.81. The average Bonchev–Trinajstić information content (AvgIpc) is 2.83. The summed E-state index contributed by atoms with van der Waals surface area (Å²) in [4.78, 5) is 0. The van der Waals surface area contributed by atoms with Gasteiger partial charge in [-0.05, 0) is 37.0 Å². The van der Waals surface area contributed by atoms with E-state index in [-0.39, 0.29) is 18.2 Å². The van der Waals surface area contributed by atoms with Crippen molar-refractivity contribution in [2.24, 2.45) is 5.92 Å². The molecule has 0 heterocycles. The van der Waals surface area contributed by atoms with E-state index in [1.165, 1.54) is 31.7 Å². The molecule has 0 amide bonds. The molecule has 2 rings (SSSR count). The van der Waals surface area contributed by atoms with Crippen LogP contribution in [0.15, 0.2) is 18.2 Å². The summed E-state index contributed by atoms with van der Waals surface area (Å²) in [6, 6.07) is 4.77. The summed E-state index contributed by atoms with van der Waals surface area (Å²) in [5.74, 6) is 0.486. The summed E-state index contributed by atoms with van der Waals surface area (Å²) in [5, 5.41) is 9.88. The fourth-order valence-corrected chi connectivity index (χ4v) is 2.61. The smallest absolute Gasteiger partial charge is 0.165 e. The molecule has 1 atom stereocenters. The van der Waals surface area contributed by atoms with Crippen LogP contribution < -0.4 is 4.74 Å². The van der Waals surface area contributed by atoms with Crippen molar-refractivity contribution in [2.75, 3.05) is 6.61 Å². The fraction of sp³-hybridized carbons (Fsp3) is 0.600. The number of aliphatic hydroxyl groups is 1. The molecular formula is C15H21FO2. The fourth-order valence-electron chi connectivity index (χ4n) is 2.61. The van der Waals surface area contributed by atoms with Crippen LogP contribution in [0.4, 0.5) is 4.39 Å². The zero-order valence-corrected chi connectivity index (χ0v) is 10.9. The highest BCUT2D eigenvalue weighted by atomic mass is 19.1. The molecule has 1 N–H and O–H groups in total. The van der Waals surface area contributed by atoms with Crippen LogP contribution in [-0.4, -0.2) is 17.8 Å². The lowest BCUT2D eigenvalue weighted by Crippen LogP contribution is -2.20. The van der Waals surface area contributed by atoms with Gasteiger partial charge in [0.15, 0.2) is 11.6 Å². The highest BCUT2D eigenvalue weighted by Crippen LogP contribution is 2.28. The molecule has 1 aliphatic carbocycles. The molecule has 100 valence electrons. The minimum Gasteiger partial charge on any atom is -0.488 e. The van der Waals surface area contributed by atoms with Crippen molar-refractivity contribution >= 4 is 0 Å². The van der Waals surface area contributed by atoms with Crippen LogP contribution in [0.5, 0.6) is 5.75 Å². The second-order valence-corrected chi connectivity index (χ2v) is 5.28. The summed E-state index contributed by atoms with van der Waals surface area (Å²) < 4.78 is 18.8. The standard InChI is InChI=1S/C15H21FO2/c1-11-6-7-14(16)15(8-11)18-10-13(17)9-12-4-2-3-5-12/h6-8,12-13,17H,2-5,9-10H2,1H3. The van der Waals surface area contributed by atoms with Crippen molar-refractivity contribution in [1.82, 2.24) is 0 Å². The van der Waals surface area contributed by atoms with E-state index in [0.29, 0.717) is 5.92 Å². The van der Waals surface area contributed by atoms with Gasteiger partial charge in [-0.25, -0.2) is 4.39 Å².